The monoisotopic (exact) mass is 504 g/mol. The number of benzene rings is 2. The molecule has 1 amide bonds. The van der Waals surface area contributed by atoms with Gasteiger partial charge in [-0.25, -0.2) is 22.8 Å². The molecule has 0 fully saturated rings. The van der Waals surface area contributed by atoms with Gasteiger partial charge in [0.2, 0.25) is 0 Å². The van der Waals surface area contributed by atoms with Crippen LogP contribution in [0.1, 0.15) is 11.3 Å². The molecule has 2 heterocycles. The average Bonchev–Trinajstić information content (AvgIpc) is 3.11. The molecule has 0 bridgehead atoms. The van der Waals surface area contributed by atoms with Gasteiger partial charge in [-0.05, 0) is 48.9 Å². The number of pyridine rings is 1. The minimum Gasteiger partial charge on any atom is -0.283 e. The number of para-hydroxylation sites is 1. The number of carbonyl (C=O) groups is 1. The van der Waals surface area contributed by atoms with Crippen LogP contribution < -0.4 is 15.3 Å². The third-order valence-electron chi connectivity index (χ3n) is 5.50. The van der Waals surface area contributed by atoms with Crippen LogP contribution in [0.2, 0.25) is 0 Å². The van der Waals surface area contributed by atoms with Crippen molar-refractivity contribution in [1.82, 2.24) is 19.8 Å². The number of nitrogens with one attached hydrogen (secondary N) is 1. The van der Waals surface area contributed by atoms with Gasteiger partial charge in [0.05, 0.1) is 22.5 Å². The Kier molecular flexibility index (Phi) is 7.11. The van der Waals surface area contributed by atoms with Gasteiger partial charge >= 0.3 is 0 Å². The number of hydrazone groups is 1. The van der Waals surface area contributed by atoms with Gasteiger partial charge in [0, 0.05) is 19.4 Å². The third-order valence-corrected chi connectivity index (χ3v) is 7.26. The molecule has 36 heavy (non-hydrogen) atoms. The van der Waals surface area contributed by atoms with Crippen molar-refractivity contribution in [1.29, 1.82) is 0 Å². The fourth-order valence-corrected chi connectivity index (χ4v) is 5.13. The maximum absolute atomic E-state index is 13.7. The minimum absolute atomic E-state index is 0.0491. The second-order valence-electron chi connectivity index (χ2n) is 7.81. The van der Waals surface area contributed by atoms with Crippen molar-refractivity contribution in [3.8, 4) is 5.69 Å². The summed E-state index contributed by atoms with van der Waals surface area (Å²) >= 11 is 0. The molecule has 184 valence electrons. The summed E-state index contributed by atoms with van der Waals surface area (Å²) in [7, 11) is -2.62. The summed E-state index contributed by atoms with van der Waals surface area (Å²) in [6.07, 6.45) is 4.56. The number of sulfonamides is 1. The molecule has 0 aliphatic carbocycles. The van der Waals surface area contributed by atoms with E-state index in [4.69, 9.17) is 0 Å². The zero-order valence-electron chi connectivity index (χ0n) is 19.6. The molecule has 0 saturated carbocycles. The first-order valence-electron chi connectivity index (χ1n) is 10.9. The van der Waals surface area contributed by atoms with Crippen LogP contribution in [0.25, 0.3) is 5.69 Å². The van der Waals surface area contributed by atoms with Gasteiger partial charge < -0.3 is 0 Å². The molecule has 2 aromatic heterocycles. The van der Waals surface area contributed by atoms with Crippen molar-refractivity contribution in [3.05, 3.63) is 107 Å². The largest absolute Gasteiger partial charge is 0.296 e. The second-order valence-corrected chi connectivity index (χ2v) is 9.67. The molecule has 0 unspecified atom stereocenters. The van der Waals surface area contributed by atoms with Crippen LogP contribution in [-0.2, 0) is 21.9 Å². The molecule has 0 aliphatic rings. The molecule has 4 rings (SSSR count). The molecule has 0 aliphatic heterocycles. The lowest BCUT2D eigenvalue weighted by Crippen LogP contribution is -2.42. The second kappa shape index (κ2) is 10.4. The van der Waals surface area contributed by atoms with E-state index in [2.05, 4.69) is 15.5 Å². The van der Waals surface area contributed by atoms with Crippen molar-refractivity contribution in [2.24, 2.45) is 12.1 Å². The SMILES string of the molecule is Cc1c(N(CC(=O)N/N=C\c2ccncc2)S(=O)(=O)c2ccccc2)c(=O)n(-c2ccccc2)n1C. The number of hydrogen-bond donors (Lipinski definition) is 1. The van der Waals surface area contributed by atoms with Crippen LogP contribution in [0.15, 0.2) is 100.0 Å². The van der Waals surface area contributed by atoms with E-state index >= 15 is 0 Å². The van der Waals surface area contributed by atoms with Crippen molar-refractivity contribution < 1.29 is 13.2 Å². The van der Waals surface area contributed by atoms with Gasteiger partial charge in [-0.1, -0.05) is 36.4 Å². The van der Waals surface area contributed by atoms with E-state index in [9.17, 15) is 18.0 Å². The Labute approximate surface area is 208 Å². The van der Waals surface area contributed by atoms with Gasteiger partial charge in [-0.2, -0.15) is 5.10 Å². The molecule has 0 radical (unpaired) electrons. The zero-order chi connectivity index (χ0) is 25.7. The lowest BCUT2D eigenvalue weighted by atomic mass is 10.3. The summed E-state index contributed by atoms with van der Waals surface area (Å²) in [6, 6.07) is 19.9. The summed E-state index contributed by atoms with van der Waals surface area (Å²) < 4.78 is 31.1. The summed E-state index contributed by atoms with van der Waals surface area (Å²) in [4.78, 5) is 30.3. The van der Waals surface area contributed by atoms with Gasteiger partial charge in [0.1, 0.15) is 12.2 Å². The highest BCUT2D eigenvalue weighted by molar-refractivity contribution is 7.92. The van der Waals surface area contributed by atoms with Crippen LogP contribution in [-0.4, -0.2) is 41.4 Å². The molecular formula is C25H24N6O4S. The number of carbonyl (C=O) groups excluding carboxylic acids is 1. The number of nitrogens with zero attached hydrogens (tertiary/aromatic N) is 5. The van der Waals surface area contributed by atoms with E-state index in [1.165, 1.54) is 23.0 Å². The highest BCUT2D eigenvalue weighted by Crippen LogP contribution is 2.25. The Balaban J connectivity index is 1.75. The number of rotatable bonds is 8. The molecule has 2 aromatic carbocycles. The summed E-state index contributed by atoms with van der Waals surface area (Å²) in [5, 5.41) is 3.90. The lowest BCUT2D eigenvalue weighted by Gasteiger charge is -2.22. The molecule has 10 nitrogen and oxygen atoms in total. The molecule has 1 N–H and O–H groups in total. The Hall–Kier alpha value is -4.51. The third kappa shape index (κ3) is 4.96. The number of aromatic nitrogens is 3. The van der Waals surface area contributed by atoms with E-state index in [0.29, 0.717) is 16.9 Å². The van der Waals surface area contributed by atoms with Crippen LogP contribution in [0.3, 0.4) is 0 Å². The maximum Gasteiger partial charge on any atom is 0.296 e. The first kappa shape index (κ1) is 24.6. The number of hydrogen-bond acceptors (Lipinski definition) is 6. The van der Waals surface area contributed by atoms with Gasteiger partial charge in [-0.3, -0.25) is 19.3 Å². The van der Waals surface area contributed by atoms with E-state index in [1.807, 2.05) is 6.07 Å². The molecule has 0 atom stereocenters. The zero-order valence-corrected chi connectivity index (χ0v) is 20.5. The van der Waals surface area contributed by atoms with Gasteiger partial charge in [0.25, 0.3) is 21.5 Å². The fraction of sp³-hybridized carbons (Fsp3) is 0.120. The maximum atomic E-state index is 13.7. The Morgan fingerprint density at radius 1 is 1.03 bits per heavy atom. The van der Waals surface area contributed by atoms with Gasteiger partial charge in [-0.15, -0.1) is 0 Å². The summed E-state index contributed by atoms with van der Waals surface area (Å²) in [5.41, 5.74) is 3.26. The van der Waals surface area contributed by atoms with Crippen molar-refractivity contribution in [3.63, 3.8) is 0 Å². The molecular weight excluding hydrogens is 480 g/mol. The molecule has 4 aromatic rings. The van der Waals surface area contributed by atoms with E-state index in [-0.39, 0.29) is 10.6 Å². The molecule has 0 spiro atoms. The number of anilines is 1. The number of amides is 1. The standard InChI is InChI=1S/C25H24N6O4S/c1-19-24(25(33)31(29(19)2)21-9-5-3-6-10-21)30(36(34,35)22-11-7-4-8-12-22)18-23(32)28-27-17-20-13-15-26-16-14-20/h3-17H,18H2,1-2H3,(H,28,32)/b27-17-. The smallest absolute Gasteiger partial charge is 0.283 e. The first-order chi connectivity index (χ1) is 17.3. The van der Waals surface area contributed by atoms with Crippen LogP contribution in [0.5, 0.6) is 0 Å². The van der Waals surface area contributed by atoms with E-state index < -0.39 is 28.0 Å². The van der Waals surface area contributed by atoms with Crippen LogP contribution >= 0.6 is 0 Å². The van der Waals surface area contributed by atoms with Crippen molar-refractivity contribution in [2.45, 2.75) is 11.8 Å². The average molecular weight is 505 g/mol. The van der Waals surface area contributed by atoms with E-state index in [0.717, 1.165) is 4.31 Å². The van der Waals surface area contributed by atoms with Gasteiger partial charge in [0.15, 0.2) is 0 Å². The highest BCUT2D eigenvalue weighted by atomic mass is 32.2. The summed E-state index contributed by atoms with van der Waals surface area (Å²) in [5.74, 6) is -0.714. The van der Waals surface area contributed by atoms with Crippen LogP contribution in [0, 0.1) is 6.92 Å². The first-order valence-corrected chi connectivity index (χ1v) is 12.4. The fourth-order valence-electron chi connectivity index (χ4n) is 3.64. The summed E-state index contributed by atoms with van der Waals surface area (Å²) in [6.45, 7) is 0.975. The van der Waals surface area contributed by atoms with E-state index in [1.54, 1.807) is 85.6 Å². The normalized spacial score (nSPS) is 11.5. The predicted octanol–water partition coefficient (Wildman–Crippen LogP) is 2.23. The molecule has 0 saturated heterocycles. The Morgan fingerprint density at radius 3 is 2.28 bits per heavy atom. The van der Waals surface area contributed by atoms with Crippen LogP contribution in [0.4, 0.5) is 5.69 Å². The van der Waals surface area contributed by atoms with Crippen molar-refractivity contribution in [2.75, 3.05) is 10.8 Å². The Morgan fingerprint density at radius 2 is 1.64 bits per heavy atom. The topological polar surface area (TPSA) is 119 Å². The quantitative estimate of drug-likeness (QED) is 0.292. The lowest BCUT2D eigenvalue weighted by molar-refractivity contribution is -0.119. The minimum atomic E-state index is -4.27. The highest BCUT2D eigenvalue weighted by Gasteiger charge is 2.33. The Bertz CT molecular complexity index is 1550. The predicted molar refractivity (Wildman–Crippen MR) is 137 cm³/mol. The molecule has 11 heteroatoms. The van der Waals surface area contributed by atoms with Crippen molar-refractivity contribution >= 4 is 27.8 Å².